The van der Waals surface area contributed by atoms with Crippen LogP contribution >= 0.6 is 0 Å². The molecule has 0 fully saturated rings. The number of benzene rings is 2. The highest BCUT2D eigenvalue weighted by Crippen LogP contribution is 2.39. The molecule has 0 saturated carbocycles. The Hall–Kier alpha value is -3.13. The molecule has 3 aromatic rings. The second kappa shape index (κ2) is 6.88. The van der Waals surface area contributed by atoms with Crippen LogP contribution in [0, 0.1) is 11.3 Å². The van der Waals surface area contributed by atoms with E-state index in [1.54, 1.807) is 18.2 Å². The fourth-order valence-corrected chi connectivity index (χ4v) is 3.64. The Bertz CT molecular complexity index is 1030. The van der Waals surface area contributed by atoms with Crippen molar-refractivity contribution in [2.75, 3.05) is 0 Å². The maximum Gasteiger partial charge on any atom is 0.262 e. The number of rotatable bonds is 4. The average molecular weight is 359 g/mol. The van der Waals surface area contributed by atoms with Gasteiger partial charge in [-0.2, -0.15) is 10.2 Å². The number of nitriles is 1. The standard InChI is InChI=1S/C22H21N3O2/c1-13(2)26-20-10-8-15(12-23)11-19(20)22-24-21(25-27-22)18-6-4-5-16-14(3)7-9-17(16)18/h4-6,8,10-11,13-14H,7,9H2,1-3H3. The van der Waals surface area contributed by atoms with Gasteiger partial charge < -0.3 is 9.26 Å². The van der Waals surface area contributed by atoms with Gasteiger partial charge in [0.1, 0.15) is 5.75 Å². The SMILES string of the molecule is CC(C)Oc1ccc(C#N)cc1-c1nc(-c2cccc3c2CCC3C)no1. The summed E-state index contributed by atoms with van der Waals surface area (Å²) in [4.78, 5) is 4.63. The molecule has 1 aliphatic rings. The first-order valence-corrected chi connectivity index (χ1v) is 9.24. The lowest BCUT2D eigenvalue weighted by molar-refractivity contribution is 0.242. The molecule has 1 unspecified atom stereocenters. The lowest BCUT2D eigenvalue weighted by atomic mass is 9.99. The molecule has 0 radical (unpaired) electrons. The van der Waals surface area contributed by atoms with Crippen molar-refractivity contribution in [2.45, 2.75) is 45.6 Å². The molecule has 5 nitrogen and oxygen atoms in total. The Morgan fingerprint density at radius 2 is 2.07 bits per heavy atom. The summed E-state index contributed by atoms with van der Waals surface area (Å²) in [5.74, 6) is 2.13. The molecule has 1 aliphatic carbocycles. The number of aromatic nitrogens is 2. The first-order chi connectivity index (χ1) is 13.1. The average Bonchev–Trinajstić information content (AvgIpc) is 3.29. The van der Waals surface area contributed by atoms with E-state index >= 15 is 0 Å². The van der Waals surface area contributed by atoms with Crippen LogP contribution in [-0.2, 0) is 6.42 Å². The number of nitrogens with zero attached hydrogens (tertiary/aromatic N) is 3. The van der Waals surface area contributed by atoms with Gasteiger partial charge >= 0.3 is 0 Å². The highest BCUT2D eigenvalue weighted by molar-refractivity contribution is 5.69. The Morgan fingerprint density at radius 3 is 2.85 bits per heavy atom. The van der Waals surface area contributed by atoms with E-state index in [0.717, 1.165) is 18.4 Å². The lowest BCUT2D eigenvalue weighted by Crippen LogP contribution is -2.06. The van der Waals surface area contributed by atoms with E-state index in [-0.39, 0.29) is 6.10 Å². The highest BCUT2D eigenvalue weighted by Gasteiger charge is 2.24. The summed E-state index contributed by atoms with van der Waals surface area (Å²) in [7, 11) is 0. The predicted molar refractivity (Wildman–Crippen MR) is 102 cm³/mol. The zero-order valence-corrected chi connectivity index (χ0v) is 15.7. The molecule has 5 heteroatoms. The van der Waals surface area contributed by atoms with Crippen molar-refractivity contribution in [3.05, 3.63) is 53.1 Å². The second-order valence-corrected chi connectivity index (χ2v) is 7.23. The fraction of sp³-hybridized carbons (Fsp3) is 0.318. The van der Waals surface area contributed by atoms with E-state index in [1.807, 2.05) is 19.9 Å². The minimum absolute atomic E-state index is 0.00189. The Labute approximate surface area is 158 Å². The maximum atomic E-state index is 9.24. The van der Waals surface area contributed by atoms with Gasteiger partial charge in [-0.25, -0.2) is 0 Å². The van der Waals surface area contributed by atoms with E-state index < -0.39 is 0 Å². The third-order valence-corrected chi connectivity index (χ3v) is 4.94. The van der Waals surface area contributed by atoms with Crippen molar-refractivity contribution in [1.82, 2.24) is 10.1 Å². The van der Waals surface area contributed by atoms with Crippen molar-refractivity contribution < 1.29 is 9.26 Å². The molecule has 136 valence electrons. The van der Waals surface area contributed by atoms with Crippen LogP contribution in [0.2, 0.25) is 0 Å². The van der Waals surface area contributed by atoms with Crippen molar-refractivity contribution in [3.8, 4) is 34.7 Å². The molecule has 0 amide bonds. The Balaban J connectivity index is 1.77. The lowest BCUT2D eigenvalue weighted by Gasteiger charge is -2.12. The number of ether oxygens (including phenoxy) is 1. The monoisotopic (exact) mass is 359 g/mol. The highest BCUT2D eigenvalue weighted by atomic mass is 16.5. The van der Waals surface area contributed by atoms with Gasteiger partial charge in [0, 0.05) is 5.56 Å². The van der Waals surface area contributed by atoms with Gasteiger partial charge in [0.05, 0.1) is 23.3 Å². The number of hydrogen-bond acceptors (Lipinski definition) is 5. The third kappa shape index (κ3) is 3.19. The van der Waals surface area contributed by atoms with Gasteiger partial charge in [0.2, 0.25) is 5.82 Å². The van der Waals surface area contributed by atoms with Gasteiger partial charge in [-0.15, -0.1) is 0 Å². The van der Waals surface area contributed by atoms with Crippen molar-refractivity contribution in [2.24, 2.45) is 0 Å². The van der Waals surface area contributed by atoms with Crippen LogP contribution in [0.3, 0.4) is 0 Å². The smallest absolute Gasteiger partial charge is 0.262 e. The minimum atomic E-state index is -0.00189. The molecule has 0 N–H and O–H groups in total. The van der Waals surface area contributed by atoms with E-state index in [0.29, 0.717) is 34.5 Å². The van der Waals surface area contributed by atoms with Gasteiger partial charge in [0.25, 0.3) is 5.89 Å². The second-order valence-electron chi connectivity index (χ2n) is 7.23. The van der Waals surface area contributed by atoms with E-state index in [1.165, 1.54) is 11.1 Å². The van der Waals surface area contributed by atoms with Crippen LogP contribution in [0.4, 0.5) is 0 Å². The van der Waals surface area contributed by atoms with Crippen molar-refractivity contribution >= 4 is 0 Å². The molecule has 0 bridgehead atoms. The molecule has 0 aliphatic heterocycles. The quantitative estimate of drug-likeness (QED) is 0.647. The topological polar surface area (TPSA) is 71.9 Å². The predicted octanol–water partition coefficient (Wildman–Crippen LogP) is 5.11. The van der Waals surface area contributed by atoms with Crippen LogP contribution in [0.15, 0.2) is 40.9 Å². The van der Waals surface area contributed by atoms with Crippen LogP contribution in [0.25, 0.3) is 22.8 Å². The Kier molecular flexibility index (Phi) is 4.41. The zero-order chi connectivity index (χ0) is 19.0. The van der Waals surface area contributed by atoms with Gasteiger partial charge in [0.15, 0.2) is 0 Å². The van der Waals surface area contributed by atoms with Gasteiger partial charge in [-0.1, -0.05) is 30.3 Å². The fourth-order valence-electron chi connectivity index (χ4n) is 3.64. The summed E-state index contributed by atoms with van der Waals surface area (Å²) in [5, 5.41) is 13.5. The molecule has 0 saturated heterocycles. The van der Waals surface area contributed by atoms with Crippen LogP contribution in [0.1, 0.15) is 49.8 Å². The van der Waals surface area contributed by atoms with E-state index in [2.05, 4.69) is 35.3 Å². The van der Waals surface area contributed by atoms with E-state index in [4.69, 9.17) is 9.26 Å². The molecular formula is C22H21N3O2. The van der Waals surface area contributed by atoms with E-state index in [9.17, 15) is 5.26 Å². The molecule has 2 aromatic carbocycles. The zero-order valence-electron chi connectivity index (χ0n) is 15.7. The maximum absolute atomic E-state index is 9.24. The number of hydrogen-bond donors (Lipinski definition) is 0. The number of fused-ring (bicyclic) bond motifs is 1. The summed E-state index contributed by atoms with van der Waals surface area (Å²) in [5.41, 5.74) is 4.86. The normalized spacial score (nSPS) is 15.6. The molecular weight excluding hydrogens is 338 g/mol. The first-order valence-electron chi connectivity index (χ1n) is 9.24. The summed E-state index contributed by atoms with van der Waals surface area (Å²) in [6.45, 7) is 6.16. The minimum Gasteiger partial charge on any atom is -0.490 e. The van der Waals surface area contributed by atoms with Crippen LogP contribution in [-0.4, -0.2) is 16.2 Å². The molecule has 4 rings (SSSR count). The summed E-state index contributed by atoms with van der Waals surface area (Å²) >= 11 is 0. The first kappa shape index (κ1) is 17.3. The largest absolute Gasteiger partial charge is 0.490 e. The molecule has 27 heavy (non-hydrogen) atoms. The molecule has 1 heterocycles. The van der Waals surface area contributed by atoms with Crippen molar-refractivity contribution in [1.29, 1.82) is 5.26 Å². The summed E-state index contributed by atoms with van der Waals surface area (Å²) in [6, 6.07) is 13.7. The van der Waals surface area contributed by atoms with Crippen LogP contribution in [0.5, 0.6) is 5.75 Å². The summed E-state index contributed by atoms with van der Waals surface area (Å²) in [6.07, 6.45) is 2.17. The van der Waals surface area contributed by atoms with Gasteiger partial charge in [-0.05, 0) is 61.9 Å². The third-order valence-electron chi connectivity index (χ3n) is 4.94. The van der Waals surface area contributed by atoms with Crippen LogP contribution < -0.4 is 4.74 Å². The van der Waals surface area contributed by atoms with Crippen molar-refractivity contribution in [3.63, 3.8) is 0 Å². The molecule has 0 spiro atoms. The Morgan fingerprint density at radius 1 is 1.22 bits per heavy atom. The summed E-state index contributed by atoms with van der Waals surface area (Å²) < 4.78 is 11.4. The molecule has 1 atom stereocenters. The van der Waals surface area contributed by atoms with Gasteiger partial charge in [-0.3, -0.25) is 0 Å². The molecule has 1 aromatic heterocycles.